The molecule has 5 rings (SSSR count). The number of esters is 1. The Kier molecular flexibility index (Phi) is 8.50. The first kappa shape index (κ1) is 29.7. The number of halogens is 2. The van der Waals surface area contributed by atoms with Crippen molar-refractivity contribution in [1.82, 2.24) is 0 Å². The molecule has 0 aliphatic rings. The second-order valence-corrected chi connectivity index (χ2v) is 10.9. The van der Waals surface area contributed by atoms with Crippen molar-refractivity contribution in [2.45, 2.75) is 4.90 Å². The molecule has 0 spiro atoms. The highest BCUT2D eigenvalue weighted by Gasteiger charge is 2.26. The lowest BCUT2D eigenvalue weighted by molar-refractivity contribution is -0.119. The van der Waals surface area contributed by atoms with E-state index in [-0.39, 0.29) is 22.7 Å². The van der Waals surface area contributed by atoms with Gasteiger partial charge < -0.3 is 9.15 Å². The van der Waals surface area contributed by atoms with Gasteiger partial charge in [0.15, 0.2) is 6.61 Å². The molecule has 4 aromatic carbocycles. The van der Waals surface area contributed by atoms with E-state index in [4.69, 9.17) is 9.15 Å². The van der Waals surface area contributed by atoms with Crippen LogP contribution in [0.1, 0.15) is 15.9 Å². The van der Waals surface area contributed by atoms with E-state index < -0.39 is 45.0 Å². The molecule has 0 saturated carbocycles. The number of hydrogen-bond acceptors (Lipinski definition) is 7. The van der Waals surface area contributed by atoms with Gasteiger partial charge in [-0.2, -0.15) is 5.26 Å². The standard InChI is InChI=1S/C32H21F2N3O6S/c33-22-15-16-27(25(34)17-22)44(40,41)37-26-14-8-7-13-23(26)32(39)42-19-28(38)36-31-24(18-35)29(20-9-3-1-4-10-20)30(43-31)21-11-5-2-6-12-21/h1-17,37H,19H2,(H,36,38). The SMILES string of the molecule is N#Cc1c(NC(=O)COC(=O)c2ccccc2NS(=O)(=O)c2ccc(F)cc2F)oc(-c2ccccc2)c1-c1ccccc1. The number of rotatable bonds is 9. The molecule has 1 amide bonds. The molecule has 5 aromatic rings. The molecule has 0 unspecified atom stereocenters. The van der Waals surface area contributed by atoms with Crippen molar-refractivity contribution in [2.75, 3.05) is 16.6 Å². The third kappa shape index (κ3) is 6.33. The third-order valence-electron chi connectivity index (χ3n) is 6.28. The molecule has 1 heterocycles. The number of nitrogens with zero attached hydrogens (tertiary/aromatic N) is 1. The van der Waals surface area contributed by atoms with Gasteiger partial charge in [-0.25, -0.2) is 22.0 Å². The second-order valence-electron chi connectivity index (χ2n) is 9.20. The first-order valence-corrected chi connectivity index (χ1v) is 14.4. The van der Waals surface area contributed by atoms with Crippen molar-refractivity contribution in [3.05, 3.63) is 126 Å². The van der Waals surface area contributed by atoms with Crippen LogP contribution < -0.4 is 10.0 Å². The Morgan fingerprint density at radius 3 is 2.16 bits per heavy atom. The average molecular weight is 614 g/mol. The van der Waals surface area contributed by atoms with E-state index >= 15 is 0 Å². The van der Waals surface area contributed by atoms with Crippen molar-refractivity contribution < 1.29 is 35.9 Å². The number of ether oxygens (including phenoxy) is 1. The molecular weight excluding hydrogens is 592 g/mol. The summed E-state index contributed by atoms with van der Waals surface area (Å²) in [7, 11) is -4.57. The summed E-state index contributed by atoms with van der Waals surface area (Å²) in [4.78, 5) is 24.9. The van der Waals surface area contributed by atoms with Gasteiger partial charge >= 0.3 is 5.97 Å². The fourth-order valence-corrected chi connectivity index (χ4v) is 5.45. The molecule has 2 N–H and O–H groups in total. The fourth-order valence-electron chi connectivity index (χ4n) is 4.31. The zero-order valence-electron chi connectivity index (χ0n) is 22.6. The Morgan fingerprint density at radius 2 is 1.50 bits per heavy atom. The number of hydrogen-bond donors (Lipinski definition) is 2. The van der Waals surface area contributed by atoms with Crippen molar-refractivity contribution >= 4 is 33.5 Å². The van der Waals surface area contributed by atoms with Crippen LogP contribution in [-0.2, 0) is 19.6 Å². The summed E-state index contributed by atoms with van der Waals surface area (Å²) < 4.78 is 66.0. The number of sulfonamides is 1. The summed E-state index contributed by atoms with van der Waals surface area (Å²) in [6.45, 7) is -0.820. The van der Waals surface area contributed by atoms with Crippen LogP contribution in [0.15, 0.2) is 112 Å². The molecule has 44 heavy (non-hydrogen) atoms. The summed E-state index contributed by atoms with van der Waals surface area (Å²) >= 11 is 0. The van der Waals surface area contributed by atoms with Crippen LogP contribution in [0.5, 0.6) is 0 Å². The average Bonchev–Trinajstić information content (AvgIpc) is 3.38. The van der Waals surface area contributed by atoms with Gasteiger partial charge in [-0.05, 0) is 29.8 Å². The minimum atomic E-state index is -4.57. The maximum Gasteiger partial charge on any atom is 0.340 e. The lowest BCUT2D eigenvalue weighted by Crippen LogP contribution is -2.22. The first-order valence-electron chi connectivity index (χ1n) is 12.9. The number of benzene rings is 4. The van der Waals surface area contributed by atoms with Crippen LogP contribution >= 0.6 is 0 Å². The highest BCUT2D eigenvalue weighted by atomic mass is 32.2. The van der Waals surface area contributed by atoms with Gasteiger partial charge in [0, 0.05) is 17.2 Å². The van der Waals surface area contributed by atoms with Crippen LogP contribution in [0.25, 0.3) is 22.5 Å². The molecule has 1 aromatic heterocycles. The van der Waals surface area contributed by atoms with E-state index in [2.05, 4.69) is 16.1 Å². The van der Waals surface area contributed by atoms with E-state index in [0.717, 1.165) is 12.1 Å². The van der Waals surface area contributed by atoms with Gasteiger partial charge in [-0.1, -0.05) is 72.8 Å². The van der Waals surface area contributed by atoms with Gasteiger partial charge in [0.1, 0.15) is 33.9 Å². The lowest BCUT2D eigenvalue weighted by Gasteiger charge is -2.13. The lowest BCUT2D eigenvalue weighted by atomic mass is 9.98. The van der Waals surface area contributed by atoms with Crippen LogP contribution in [0.3, 0.4) is 0 Å². The summed E-state index contributed by atoms with van der Waals surface area (Å²) in [6.07, 6.45) is 0. The quantitative estimate of drug-likeness (QED) is 0.185. The number of nitriles is 1. The minimum absolute atomic E-state index is 0.0579. The zero-order chi connectivity index (χ0) is 31.3. The molecule has 220 valence electrons. The number of nitrogens with one attached hydrogen (secondary N) is 2. The topological polar surface area (TPSA) is 138 Å². The molecule has 0 bridgehead atoms. The highest BCUT2D eigenvalue weighted by molar-refractivity contribution is 7.92. The van der Waals surface area contributed by atoms with Crippen molar-refractivity contribution in [3.8, 4) is 28.5 Å². The van der Waals surface area contributed by atoms with Crippen molar-refractivity contribution in [3.63, 3.8) is 0 Å². The number of furan rings is 1. The smallest absolute Gasteiger partial charge is 0.340 e. The van der Waals surface area contributed by atoms with Crippen LogP contribution in [-0.4, -0.2) is 26.9 Å². The van der Waals surface area contributed by atoms with E-state index in [9.17, 15) is 32.0 Å². The molecule has 9 nitrogen and oxygen atoms in total. The Hall–Kier alpha value is -5.80. The first-order chi connectivity index (χ1) is 21.2. The van der Waals surface area contributed by atoms with Gasteiger partial charge in [0.05, 0.1) is 11.3 Å². The predicted octanol–water partition coefficient (Wildman–Crippen LogP) is 6.36. The number of amides is 1. The molecule has 0 fully saturated rings. The Morgan fingerprint density at radius 1 is 0.864 bits per heavy atom. The van der Waals surface area contributed by atoms with Crippen LogP contribution in [0, 0.1) is 23.0 Å². The monoisotopic (exact) mass is 613 g/mol. The summed E-state index contributed by atoms with van der Waals surface area (Å²) in [5.41, 5.74) is 1.32. The predicted molar refractivity (Wildman–Crippen MR) is 157 cm³/mol. The maximum atomic E-state index is 14.1. The van der Waals surface area contributed by atoms with Crippen molar-refractivity contribution in [1.29, 1.82) is 5.26 Å². The van der Waals surface area contributed by atoms with Gasteiger partial charge in [0.25, 0.3) is 15.9 Å². The largest absolute Gasteiger partial charge is 0.452 e. The maximum absolute atomic E-state index is 14.1. The molecule has 12 heteroatoms. The normalized spacial score (nSPS) is 10.9. The van der Waals surface area contributed by atoms with Crippen molar-refractivity contribution in [2.24, 2.45) is 0 Å². The van der Waals surface area contributed by atoms with E-state index in [0.29, 0.717) is 28.5 Å². The minimum Gasteiger partial charge on any atom is -0.452 e. The second kappa shape index (κ2) is 12.6. The number of anilines is 2. The molecule has 0 saturated heterocycles. The summed E-state index contributed by atoms with van der Waals surface area (Å²) in [5.74, 6) is -4.01. The Labute approximate surface area is 250 Å². The molecule has 0 aliphatic carbocycles. The Balaban J connectivity index is 1.34. The zero-order valence-corrected chi connectivity index (χ0v) is 23.4. The molecule has 0 radical (unpaired) electrons. The Bertz CT molecular complexity index is 2010. The van der Waals surface area contributed by atoms with Gasteiger partial charge in [-0.3, -0.25) is 14.8 Å². The van der Waals surface area contributed by atoms with E-state index in [1.165, 1.54) is 24.3 Å². The van der Waals surface area contributed by atoms with E-state index in [1.807, 2.05) is 12.1 Å². The molecular formula is C32H21F2N3O6S. The molecule has 0 aliphatic heterocycles. The number of carbonyl (C=O) groups excluding carboxylic acids is 2. The van der Waals surface area contributed by atoms with Crippen LogP contribution in [0.2, 0.25) is 0 Å². The van der Waals surface area contributed by atoms with Crippen LogP contribution in [0.4, 0.5) is 20.4 Å². The van der Waals surface area contributed by atoms with Gasteiger partial charge in [0.2, 0.25) is 5.88 Å². The summed E-state index contributed by atoms with van der Waals surface area (Å²) in [6, 6.07) is 27.3. The fraction of sp³-hybridized carbons (Fsp3) is 0.0312. The number of carbonyl (C=O) groups is 2. The highest BCUT2D eigenvalue weighted by Crippen LogP contribution is 2.41. The summed E-state index contributed by atoms with van der Waals surface area (Å²) in [5, 5.41) is 12.5. The third-order valence-corrected chi connectivity index (χ3v) is 7.68. The van der Waals surface area contributed by atoms with Gasteiger partial charge in [-0.15, -0.1) is 0 Å². The molecule has 0 atom stereocenters. The number of para-hydroxylation sites is 1. The van der Waals surface area contributed by atoms with E-state index in [1.54, 1.807) is 48.5 Å².